The third-order valence-electron chi connectivity index (χ3n) is 2.37. The minimum Gasteiger partial charge on any atom is -0.395 e. The van der Waals surface area contributed by atoms with Crippen molar-refractivity contribution >= 4 is 5.69 Å². The Bertz CT molecular complexity index is 317. The SMILES string of the molecule is CCN(CCO)c1ccc(CN)c(F)c1. The molecule has 3 N–H and O–H groups in total. The summed E-state index contributed by atoms with van der Waals surface area (Å²) in [5, 5.41) is 8.84. The number of aliphatic hydroxyl groups excluding tert-OH is 1. The predicted octanol–water partition coefficient (Wildman–Crippen LogP) is 1.10. The summed E-state index contributed by atoms with van der Waals surface area (Å²) in [7, 11) is 0. The van der Waals surface area contributed by atoms with Gasteiger partial charge in [-0.05, 0) is 19.1 Å². The van der Waals surface area contributed by atoms with Crippen molar-refractivity contribution in [1.29, 1.82) is 0 Å². The zero-order valence-corrected chi connectivity index (χ0v) is 8.91. The van der Waals surface area contributed by atoms with Crippen LogP contribution in [0.1, 0.15) is 12.5 Å². The normalized spacial score (nSPS) is 10.4. The largest absolute Gasteiger partial charge is 0.395 e. The fourth-order valence-electron chi connectivity index (χ4n) is 1.49. The highest BCUT2D eigenvalue weighted by atomic mass is 19.1. The summed E-state index contributed by atoms with van der Waals surface area (Å²) in [6.07, 6.45) is 0. The van der Waals surface area contributed by atoms with Gasteiger partial charge in [0.15, 0.2) is 0 Å². The van der Waals surface area contributed by atoms with Gasteiger partial charge < -0.3 is 15.7 Å². The van der Waals surface area contributed by atoms with E-state index in [1.807, 2.05) is 17.9 Å². The standard InChI is InChI=1S/C11H17FN2O/c1-2-14(5-6-15)10-4-3-9(8-13)11(12)7-10/h3-4,7,15H,2,5-6,8,13H2,1H3. The number of rotatable bonds is 5. The minimum absolute atomic E-state index is 0.0636. The van der Waals surface area contributed by atoms with Gasteiger partial charge in [-0.15, -0.1) is 0 Å². The second kappa shape index (κ2) is 5.68. The second-order valence-electron chi connectivity index (χ2n) is 3.28. The van der Waals surface area contributed by atoms with Crippen LogP contribution in [0.5, 0.6) is 0 Å². The van der Waals surface area contributed by atoms with E-state index < -0.39 is 0 Å². The van der Waals surface area contributed by atoms with Gasteiger partial charge in [0.25, 0.3) is 0 Å². The van der Waals surface area contributed by atoms with Crippen molar-refractivity contribution < 1.29 is 9.50 Å². The number of likely N-dealkylation sites (N-methyl/N-ethyl adjacent to an activating group) is 1. The van der Waals surface area contributed by atoms with E-state index in [1.54, 1.807) is 6.07 Å². The van der Waals surface area contributed by atoms with Crippen LogP contribution in [-0.2, 0) is 6.54 Å². The topological polar surface area (TPSA) is 49.5 Å². The maximum atomic E-state index is 13.4. The molecule has 0 heterocycles. The molecule has 84 valence electrons. The molecule has 0 amide bonds. The van der Waals surface area contributed by atoms with Crippen molar-refractivity contribution in [1.82, 2.24) is 0 Å². The Hall–Kier alpha value is -1.13. The lowest BCUT2D eigenvalue weighted by Crippen LogP contribution is -2.26. The summed E-state index contributed by atoms with van der Waals surface area (Å²) in [5.41, 5.74) is 6.67. The molecule has 0 spiro atoms. The molecule has 0 atom stereocenters. The van der Waals surface area contributed by atoms with E-state index in [0.717, 1.165) is 12.2 Å². The Kier molecular flexibility index (Phi) is 4.52. The van der Waals surface area contributed by atoms with Gasteiger partial charge in [-0.1, -0.05) is 6.07 Å². The smallest absolute Gasteiger partial charge is 0.129 e. The lowest BCUT2D eigenvalue weighted by molar-refractivity contribution is 0.302. The van der Waals surface area contributed by atoms with E-state index >= 15 is 0 Å². The van der Waals surface area contributed by atoms with E-state index in [0.29, 0.717) is 12.1 Å². The van der Waals surface area contributed by atoms with Crippen molar-refractivity contribution in [3.8, 4) is 0 Å². The average Bonchev–Trinajstić information content (AvgIpc) is 2.25. The first-order chi connectivity index (χ1) is 7.22. The number of nitrogens with zero attached hydrogens (tertiary/aromatic N) is 1. The number of nitrogens with two attached hydrogens (primary N) is 1. The third kappa shape index (κ3) is 2.91. The maximum Gasteiger partial charge on any atom is 0.129 e. The van der Waals surface area contributed by atoms with Gasteiger partial charge in [-0.25, -0.2) is 4.39 Å². The Labute approximate surface area is 89.3 Å². The van der Waals surface area contributed by atoms with Gasteiger partial charge in [0.1, 0.15) is 5.82 Å². The molecule has 0 aliphatic carbocycles. The highest BCUT2D eigenvalue weighted by Crippen LogP contribution is 2.18. The zero-order chi connectivity index (χ0) is 11.3. The fraction of sp³-hybridized carbons (Fsp3) is 0.455. The lowest BCUT2D eigenvalue weighted by Gasteiger charge is -2.22. The molecule has 0 saturated carbocycles. The molecule has 1 aromatic carbocycles. The van der Waals surface area contributed by atoms with Crippen LogP contribution >= 0.6 is 0 Å². The summed E-state index contributed by atoms with van der Waals surface area (Å²) in [5.74, 6) is -0.286. The number of hydrogen-bond acceptors (Lipinski definition) is 3. The maximum absolute atomic E-state index is 13.4. The van der Waals surface area contributed by atoms with Crippen LogP contribution in [0.25, 0.3) is 0 Å². The minimum atomic E-state index is -0.286. The molecular weight excluding hydrogens is 195 g/mol. The molecule has 4 heteroatoms. The van der Waals surface area contributed by atoms with Gasteiger partial charge in [-0.2, -0.15) is 0 Å². The molecule has 3 nitrogen and oxygen atoms in total. The van der Waals surface area contributed by atoms with Crippen LogP contribution in [0.4, 0.5) is 10.1 Å². The number of halogens is 1. The van der Waals surface area contributed by atoms with Crippen molar-refractivity contribution in [2.45, 2.75) is 13.5 Å². The summed E-state index contributed by atoms with van der Waals surface area (Å²) < 4.78 is 13.4. The first kappa shape index (κ1) is 11.9. The molecule has 1 aromatic rings. The summed E-state index contributed by atoms with van der Waals surface area (Å²) in [6.45, 7) is 3.48. The fourth-order valence-corrected chi connectivity index (χ4v) is 1.49. The quantitative estimate of drug-likeness (QED) is 0.768. The molecule has 0 aliphatic rings. The Morgan fingerprint density at radius 2 is 2.20 bits per heavy atom. The summed E-state index contributed by atoms with van der Waals surface area (Å²) in [6, 6.07) is 4.97. The Balaban J connectivity index is 2.89. The van der Waals surface area contributed by atoms with Gasteiger partial charge in [0.2, 0.25) is 0 Å². The average molecular weight is 212 g/mol. The molecule has 0 radical (unpaired) electrons. The molecule has 0 unspecified atom stereocenters. The van der Waals surface area contributed by atoms with E-state index in [9.17, 15) is 4.39 Å². The number of benzene rings is 1. The molecule has 15 heavy (non-hydrogen) atoms. The Morgan fingerprint density at radius 3 is 2.67 bits per heavy atom. The zero-order valence-electron chi connectivity index (χ0n) is 8.91. The number of hydrogen-bond donors (Lipinski definition) is 2. The highest BCUT2D eigenvalue weighted by molar-refractivity contribution is 5.48. The third-order valence-corrected chi connectivity index (χ3v) is 2.37. The van der Waals surface area contributed by atoms with Crippen LogP contribution in [0, 0.1) is 5.82 Å². The molecule has 0 aliphatic heterocycles. The monoisotopic (exact) mass is 212 g/mol. The van der Waals surface area contributed by atoms with E-state index in [-0.39, 0.29) is 19.0 Å². The van der Waals surface area contributed by atoms with Crippen molar-refractivity contribution in [2.24, 2.45) is 5.73 Å². The molecule has 0 bridgehead atoms. The summed E-state index contributed by atoms with van der Waals surface area (Å²) in [4.78, 5) is 1.91. The summed E-state index contributed by atoms with van der Waals surface area (Å²) >= 11 is 0. The molecule has 1 rings (SSSR count). The molecule has 0 saturated heterocycles. The number of anilines is 1. The molecule has 0 aromatic heterocycles. The predicted molar refractivity (Wildman–Crippen MR) is 59.3 cm³/mol. The molecular formula is C11H17FN2O. The van der Waals surface area contributed by atoms with Crippen LogP contribution < -0.4 is 10.6 Å². The van der Waals surface area contributed by atoms with E-state index in [1.165, 1.54) is 6.07 Å². The van der Waals surface area contributed by atoms with Crippen LogP contribution in [0.15, 0.2) is 18.2 Å². The second-order valence-corrected chi connectivity index (χ2v) is 3.28. The van der Waals surface area contributed by atoms with Crippen molar-refractivity contribution in [3.63, 3.8) is 0 Å². The van der Waals surface area contributed by atoms with Crippen molar-refractivity contribution in [3.05, 3.63) is 29.6 Å². The number of aliphatic hydroxyl groups is 1. The molecule has 0 fully saturated rings. The lowest BCUT2D eigenvalue weighted by atomic mass is 10.2. The van der Waals surface area contributed by atoms with Crippen molar-refractivity contribution in [2.75, 3.05) is 24.6 Å². The first-order valence-electron chi connectivity index (χ1n) is 5.07. The van der Waals surface area contributed by atoms with Gasteiger partial charge in [-0.3, -0.25) is 0 Å². The highest BCUT2D eigenvalue weighted by Gasteiger charge is 2.06. The van der Waals surface area contributed by atoms with E-state index in [4.69, 9.17) is 10.8 Å². The van der Waals surface area contributed by atoms with Crippen LogP contribution in [0.2, 0.25) is 0 Å². The Morgan fingerprint density at radius 1 is 1.47 bits per heavy atom. The van der Waals surface area contributed by atoms with Crippen LogP contribution in [0.3, 0.4) is 0 Å². The van der Waals surface area contributed by atoms with Gasteiger partial charge in [0, 0.05) is 30.9 Å². The first-order valence-corrected chi connectivity index (χ1v) is 5.07. The van der Waals surface area contributed by atoms with Gasteiger partial charge >= 0.3 is 0 Å². The van der Waals surface area contributed by atoms with Crippen LogP contribution in [-0.4, -0.2) is 24.8 Å². The van der Waals surface area contributed by atoms with Gasteiger partial charge in [0.05, 0.1) is 6.61 Å². The van der Waals surface area contributed by atoms with E-state index in [2.05, 4.69) is 0 Å².